The van der Waals surface area contributed by atoms with Crippen molar-refractivity contribution < 1.29 is 4.79 Å². The number of nitrogens with two attached hydrogens (primary N) is 1. The molecule has 20 heavy (non-hydrogen) atoms. The number of carbonyl (C=O) groups excluding carboxylic acids is 1. The summed E-state index contributed by atoms with van der Waals surface area (Å²) in [6, 6.07) is 8.01. The molecule has 0 fully saturated rings. The Morgan fingerprint density at radius 2 is 2.25 bits per heavy atom. The summed E-state index contributed by atoms with van der Waals surface area (Å²) in [6.45, 7) is 1.24. The molecule has 1 aromatic carbocycles. The number of fused-ring (bicyclic) bond motifs is 1. The zero-order chi connectivity index (χ0) is 13.9. The van der Waals surface area contributed by atoms with Crippen LogP contribution in [-0.2, 0) is 17.8 Å². The maximum atomic E-state index is 12.4. The number of imidazole rings is 1. The standard InChI is InChI=1S/C15H18N4O/c16-13-9-12-3-1-2-4-14(12)19(10-13)15(20)5-7-18-8-6-17-11-18/h1-4,6,8,11,13H,5,7,9-10,16H2. The molecule has 5 nitrogen and oxygen atoms in total. The van der Waals surface area contributed by atoms with Gasteiger partial charge in [0.1, 0.15) is 0 Å². The first-order valence-electron chi connectivity index (χ1n) is 6.83. The monoisotopic (exact) mass is 270 g/mol. The number of benzene rings is 1. The van der Waals surface area contributed by atoms with Gasteiger partial charge < -0.3 is 15.2 Å². The van der Waals surface area contributed by atoms with E-state index in [0.29, 0.717) is 19.5 Å². The van der Waals surface area contributed by atoms with Gasteiger partial charge >= 0.3 is 0 Å². The molecule has 1 atom stereocenters. The number of hydrogen-bond donors (Lipinski definition) is 1. The lowest BCUT2D eigenvalue weighted by Gasteiger charge is -2.33. The summed E-state index contributed by atoms with van der Waals surface area (Å²) in [7, 11) is 0. The van der Waals surface area contributed by atoms with Crippen LogP contribution < -0.4 is 10.6 Å². The first-order chi connectivity index (χ1) is 9.74. The van der Waals surface area contributed by atoms with Gasteiger partial charge in [-0.3, -0.25) is 4.79 Å². The zero-order valence-corrected chi connectivity index (χ0v) is 11.3. The molecule has 2 aromatic rings. The molecule has 1 unspecified atom stereocenters. The fourth-order valence-electron chi connectivity index (χ4n) is 2.64. The Bertz CT molecular complexity index is 594. The first kappa shape index (κ1) is 12.9. The predicted octanol–water partition coefficient (Wildman–Crippen LogP) is 1.19. The van der Waals surface area contributed by atoms with E-state index in [2.05, 4.69) is 4.98 Å². The lowest BCUT2D eigenvalue weighted by atomic mass is 9.98. The maximum absolute atomic E-state index is 12.4. The van der Waals surface area contributed by atoms with E-state index < -0.39 is 0 Å². The number of hydrogen-bond acceptors (Lipinski definition) is 3. The van der Waals surface area contributed by atoms with Crippen molar-refractivity contribution in [2.75, 3.05) is 11.4 Å². The van der Waals surface area contributed by atoms with Crippen LogP contribution in [0.4, 0.5) is 5.69 Å². The quantitative estimate of drug-likeness (QED) is 0.911. The Hall–Kier alpha value is -2.14. The molecule has 0 bridgehead atoms. The fraction of sp³-hybridized carbons (Fsp3) is 0.333. The average Bonchev–Trinajstić information content (AvgIpc) is 2.97. The van der Waals surface area contributed by atoms with Gasteiger partial charge in [-0.05, 0) is 18.1 Å². The lowest BCUT2D eigenvalue weighted by molar-refractivity contribution is -0.119. The van der Waals surface area contributed by atoms with Crippen LogP contribution in [0.1, 0.15) is 12.0 Å². The summed E-state index contributed by atoms with van der Waals surface area (Å²) in [5.74, 6) is 0.112. The normalized spacial score (nSPS) is 17.9. The largest absolute Gasteiger partial charge is 0.337 e. The smallest absolute Gasteiger partial charge is 0.228 e. The van der Waals surface area contributed by atoms with Gasteiger partial charge in [-0.25, -0.2) is 4.98 Å². The molecule has 3 rings (SSSR count). The van der Waals surface area contributed by atoms with Crippen molar-refractivity contribution in [2.24, 2.45) is 5.73 Å². The molecule has 0 saturated heterocycles. The molecule has 0 spiro atoms. The van der Waals surface area contributed by atoms with Gasteiger partial charge in [0.25, 0.3) is 0 Å². The predicted molar refractivity (Wildman–Crippen MR) is 77.3 cm³/mol. The maximum Gasteiger partial charge on any atom is 0.228 e. The average molecular weight is 270 g/mol. The summed E-state index contributed by atoms with van der Waals surface area (Å²) in [6.07, 6.45) is 6.60. The number of rotatable bonds is 3. The Balaban J connectivity index is 1.74. The van der Waals surface area contributed by atoms with Crippen LogP contribution >= 0.6 is 0 Å². The number of aromatic nitrogens is 2. The molecule has 104 valence electrons. The van der Waals surface area contributed by atoms with Crippen LogP contribution in [0.5, 0.6) is 0 Å². The van der Waals surface area contributed by atoms with Crippen molar-refractivity contribution in [3.05, 3.63) is 48.5 Å². The van der Waals surface area contributed by atoms with Crippen molar-refractivity contribution in [1.29, 1.82) is 0 Å². The van der Waals surface area contributed by atoms with E-state index in [9.17, 15) is 4.79 Å². The van der Waals surface area contributed by atoms with Crippen molar-refractivity contribution in [3.8, 4) is 0 Å². The number of nitrogens with zero attached hydrogens (tertiary/aromatic N) is 3. The van der Waals surface area contributed by atoms with E-state index in [1.165, 1.54) is 0 Å². The Morgan fingerprint density at radius 1 is 1.40 bits per heavy atom. The highest BCUT2D eigenvalue weighted by molar-refractivity contribution is 5.94. The lowest BCUT2D eigenvalue weighted by Crippen LogP contribution is -2.46. The molecule has 0 aliphatic carbocycles. The molecule has 2 heterocycles. The minimum absolute atomic E-state index is 0.0158. The fourth-order valence-corrected chi connectivity index (χ4v) is 2.64. The van der Waals surface area contributed by atoms with E-state index in [4.69, 9.17) is 5.73 Å². The van der Waals surface area contributed by atoms with Gasteiger partial charge in [-0.1, -0.05) is 18.2 Å². The van der Waals surface area contributed by atoms with E-state index in [1.54, 1.807) is 12.5 Å². The summed E-state index contributed by atoms with van der Waals surface area (Å²) >= 11 is 0. The van der Waals surface area contributed by atoms with E-state index in [0.717, 1.165) is 17.7 Å². The SMILES string of the molecule is NC1Cc2ccccc2N(C(=O)CCn2ccnc2)C1. The molecule has 1 aliphatic heterocycles. The molecular weight excluding hydrogens is 252 g/mol. The summed E-state index contributed by atoms with van der Waals surface area (Å²) in [5, 5.41) is 0. The third-order valence-electron chi connectivity index (χ3n) is 3.63. The molecule has 5 heteroatoms. The van der Waals surface area contributed by atoms with Crippen LogP contribution in [-0.4, -0.2) is 28.0 Å². The minimum atomic E-state index is 0.0158. The molecule has 0 radical (unpaired) electrons. The highest BCUT2D eigenvalue weighted by Crippen LogP contribution is 2.26. The topological polar surface area (TPSA) is 64.2 Å². The van der Waals surface area contributed by atoms with Gasteiger partial charge in [0, 0.05) is 43.6 Å². The third-order valence-corrected chi connectivity index (χ3v) is 3.63. The molecule has 2 N–H and O–H groups in total. The summed E-state index contributed by atoms with van der Waals surface area (Å²) in [5.41, 5.74) is 8.22. The Morgan fingerprint density at radius 3 is 3.05 bits per heavy atom. The number of aryl methyl sites for hydroxylation is 1. The number of carbonyl (C=O) groups is 1. The van der Waals surface area contributed by atoms with Crippen molar-refractivity contribution in [3.63, 3.8) is 0 Å². The van der Waals surface area contributed by atoms with Gasteiger partial charge in [0.2, 0.25) is 5.91 Å². The second kappa shape index (κ2) is 5.46. The number of anilines is 1. The highest BCUT2D eigenvalue weighted by Gasteiger charge is 2.25. The second-order valence-corrected chi connectivity index (χ2v) is 5.15. The zero-order valence-electron chi connectivity index (χ0n) is 11.3. The molecular formula is C15H18N4O. The van der Waals surface area contributed by atoms with E-state index in [-0.39, 0.29) is 11.9 Å². The summed E-state index contributed by atoms with van der Waals surface area (Å²) < 4.78 is 1.91. The van der Waals surface area contributed by atoms with Crippen molar-refractivity contribution in [1.82, 2.24) is 9.55 Å². The van der Waals surface area contributed by atoms with Crippen LogP contribution in [0.3, 0.4) is 0 Å². The van der Waals surface area contributed by atoms with Crippen molar-refractivity contribution in [2.45, 2.75) is 25.4 Å². The first-order valence-corrected chi connectivity index (χ1v) is 6.83. The van der Waals surface area contributed by atoms with E-state index in [1.807, 2.05) is 39.9 Å². The van der Waals surface area contributed by atoms with Crippen LogP contribution in [0, 0.1) is 0 Å². The van der Waals surface area contributed by atoms with Gasteiger partial charge in [-0.2, -0.15) is 0 Å². The molecule has 1 aliphatic rings. The van der Waals surface area contributed by atoms with Gasteiger partial charge in [0.15, 0.2) is 0 Å². The highest BCUT2D eigenvalue weighted by atomic mass is 16.2. The molecule has 0 saturated carbocycles. The summed E-state index contributed by atoms with van der Waals surface area (Å²) in [4.78, 5) is 18.2. The Kier molecular flexibility index (Phi) is 3.52. The number of para-hydroxylation sites is 1. The van der Waals surface area contributed by atoms with Crippen LogP contribution in [0.25, 0.3) is 0 Å². The van der Waals surface area contributed by atoms with Crippen molar-refractivity contribution >= 4 is 11.6 Å². The second-order valence-electron chi connectivity index (χ2n) is 5.15. The molecule has 1 aromatic heterocycles. The third kappa shape index (κ3) is 2.58. The van der Waals surface area contributed by atoms with Gasteiger partial charge in [-0.15, -0.1) is 0 Å². The van der Waals surface area contributed by atoms with E-state index >= 15 is 0 Å². The number of amides is 1. The van der Waals surface area contributed by atoms with Crippen LogP contribution in [0.2, 0.25) is 0 Å². The minimum Gasteiger partial charge on any atom is -0.337 e. The van der Waals surface area contributed by atoms with Gasteiger partial charge in [0.05, 0.1) is 6.33 Å². The van der Waals surface area contributed by atoms with Crippen LogP contribution in [0.15, 0.2) is 43.0 Å². The Labute approximate surface area is 118 Å². The molecule has 1 amide bonds.